The third-order valence-electron chi connectivity index (χ3n) is 10.8. The maximum absolute atomic E-state index is 6.02. The Labute approximate surface area is 341 Å². The van der Waals surface area contributed by atoms with E-state index in [9.17, 15) is 0 Å². The molecule has 0 aliphatic rings. The quantitative estimate of drug-likeness (QED) is 0.0376. The lowest BCUT2D eigenvalue weighted by molar-refractivity contribution is -0.697. The number of ether oxygens (including phenoxy) is 1. The lowest BCUT2D eigenvalue weighted by Gasteiger charge is -2.07. The van der Waals surface area contributed by atoms with Crippen LogP contribution < -0.4 is 33.3 Å². The molecule has 0 aliphatic carbocycles. The highest BCUT2D eigenvalue weighted by molar-refractivity contribution is 5.69. The number of halogens is 1. The molecule has 2 rings (SSSR count). The Morgan fingerprint density at radius 3 is 1.06 bits per heavy atom. The first-order chi connectivity index (χ1) is 25.3. The number of nitrogens with zero attached hydrogens (tertiary/aromatic N) is 1. The van der Waals surface area contributed by atoms with Crippen molar-refractivity contribution in [3.63, 3.8) is 0 Å². The number of rotatable bonds is 37. The largest absolute Gasteiger partial charge is 1.00 e. The molecule has 0 bridgehead atoms. The fraction of sp³-hybridized carbons (Fsp3) is 0.735. The van der Waals surface area contributed by atoms with Gasteiger partial charge in [0, 0.05) is 18.6 Å². The minimum atomic E-state index is 0. The van der Waals surface area contributed by atoms with E-state index in [-0.39, 0.29) is 24.0 Å². The first-order valence-corrected chi connectivity index (χ1v) is 22.7. The second-order valence-electron chi connectivity index (χ2n) is 15.7. The second-order valence-corrected chi connectivity index (χ2v) is 15.7. The molecule has 0 saturated carbocycles. The molecular weight excluding hydrogens is 745 g/mol. The maximum atomic E-state index is 6.02. The Bertz CT molecular complexity index is 1020. The average Bonchev–Trinajstić information content (AvgIpc) is 3.16. The maximum Gasteiger partial charge on any atom is 0.169 e. The number of hydrogen-bond acceptors (Lipinski definition) is 1. The normalized spacial score (nSPS) is 11.3. The molecule has 1 aromatic heterocycles. The van der Waals surface area contributed by atoms with Crippen LogP contribution in [0.3, 0.4) is 0 Å². The zero-order valence-corrected chi connectivity index (χ0v) is 36.7. The summed E-state index contributed by atoms with van der Waals surface area (Å²) in [5.41, 5.74) is 2.47. The van der Waals surface area contributed by atoms with Gasteiger partial charge in [0.2, 0.25) is 0 Å². The molecule has 2 nitrogen and oxygen atoms in total. The Kier molecular flexibility index (Phi) is 35.5. The molecule has 3 heteroatoms. The van der Waals surface area contributed by atoms with Gasteiger partial charge in [0.05, 0.1) is 6.61 Å². The van der Waals surface area contributed by atoms with Crippen LogP contribution in [0.1, 0.15) is 230 Å². The molecule has 0 amide bonds. The van der Waals surface area contributed by atoms with Crippen molar-refractivity contribution in [3.05, 3.63) is 59.9 Å². The molecule has 0 saturated heterocycles. The van der Waals surface area contributed by atoms with Crippen molar-refractivity contribution in [2.75, 3.05) is 6.61 Å². The first-order valence-electron chi connectivity index (χ1n) is 22.7. The van der Waals surface area contributed by atoms with E-state index in [1.807, 2.05) is 0 Å². The molecule has 0 atom stereocenters. The van der Waals surface area contributed by atoms with E-state index < -0.39 is 0 Å². The van der Waals surface area contributed by atoms with Crippen LogP contribution in [0.25, 0.3) is 12.2 Å². The summed E-state index contributed by atoms with van der Waals surface area (Å²) in [5, 5.41) is 0. The topological polar surface area (TPSA) is 13.1 Å². The number of unbranched alkanes of at least 4 members (excludes halogenated alkanes) is 30. The van der Waals surface area contributed by atoms with E-state index in [1.165, 1.54) is 210 Å². The van der Waals surface area contributed by atoms with E-state index in [4.69, 9.17) is 4.74 Å². The third kappa shape index (κ3) is 30.0. The number of pyridine rings is 1. The van der Waals surface area contributed by atoms with Gasteiger partial charge in [0.15, 0.2) is 12.4 Å². The molecular formula is C49H84INO. The average molecular weight is 830 g/mol. The SMILES string of the molecule is CCCCCCCCCCCCCCCCCCOc1ccc(/C=C/c2cc[n+](CCCCCCCCCCCCCCCCCC)cc2)cc1.[I-]. The minimum absolute atomic E-state index is 0. The number of hydrogen-bond donors (Lipinski definition) is 0. The highest BCUT2D eigenvalue weighted by Gasteiger charge is 2.01. The van der Waals surface area contributed by atoms with Gasteiger partial charge in [0.1, 0.15) is 12.3 Å². The summed E-state index contributed by atoms with van der Waals surface area (Å²) in [6.07, 6.45) is 54.1. The molecule has 2 aromatic rings. The van der Waals surface area contributed by atoms with E-state index in [1.54, 1.807) is 0 Å². The van der Waals surface area contributed by atoms with Crippen LogP contribution in [0.2, 0.25) is 0 Å². The van der Waals surface area contributed by atoms with E-state index in [0.717, 1.165) is 25.3 Å². The summed E-state index contributed by atoms with van der Waals surface area (Å²) < 4.78 is 8.36. The van der Waals surface area contributed by atoms with Gasteiger partial charge in [-0.3, -0.25) is 0 Å². The van der Waals surface area contributed by atoms with Gasteiger partial charge in [0.25, 0.3) is 0 Å². The van der Waals surface area contributed by atoms with Crippen molar-refractivity contribution in [2.45, 2.75) is 226 Å². The van der Waals surface area contributed by atoms with E-state index in [0.29, 0.717) is 0 Å². The number of aromatic nitrogens is 1. The van der Waals surface area contributed by atoms with Gasteiger partial charge in [-0.15, -0.1) is 0 Å². The fourth-order valence-electron chi connectivity index (χ4n) is 7.28. The van der Waals surface area contributed by atoms with Gasteiger partial charge in [-0.2, -0.15) is 0 Å². The summed E-state index contributed by atoms with van der Waals surface area (Å²) in [4.78, 5) is 0. The molecule has 0 fully saturated rings. The van der Waals surface area contributed by atoms with Crippen molar-refractivity contribution >= 4 is 12.2 Å². The molecule has 1 heterocycles. The minimum Gasteiger partial charge on any atom is -1.00 e. The van der Waals surface area contributed by atoms with Gasteiger partial charge in [-0.05, 0) is 36.1 Å². The predicted molar refractivity (Wildman–Crippen MR) is 227 cm³/mol. The van der Waals surface area contributed by atoms with Crippen molar-refractivity contribution in [2.24, 2.45) is 0 Å². The van der Waals surface area contributed by atoms with Crippen molar-refractivity contribution < 1.29 is 33.3 Å². The zero-order valence-electron chi connectivity index (χ0n) is 34.5. The zero-order chi connectivity index (χ0) is 36.1. The molecule has 0 radical (unpaired) electrons. The van der Waals surface area contributed by atoms with Crippen molar-refractivity contribution in [3.8, 4) is 5.75 Å². The highest BCUT2D eigenvalue weighted by Crippen LogP contribution is 2.17. The Hall–Kier alpha value is -1.36. The molecule has 0 unspecified atom stereocenters. The summed E-state index contributed by atoms with van der Waals surface area (Å²) in [7, 11) is 0. The van der Waals surface area contributed by atoms with Gasteiger partial charge >= 0.3 is 0 Å². The van der Waals surface area contributed by atoms with Crippen LogP contribution in [-0.4, -0.2) is 6.61 Å². The smallest absolute Gasteiger partial charge is 0.169 e. The first kappa shape index (κ1) is 48.7. The van der Waals surface area contributed by atoms with Crippen molar-refractivity contribution in [1.29, 1.82) is 0 Å². The van der Waals surface area contributed by atoms with Crippen LogP contribution in [-0.2, 0) is 6.54 Å². The number of aryl methyl sites for hydroxylation is 1. The van der Waals surface area contributed by atoms with Gasteiger partial charge < -0.3 is 28.7 Å². The van der Waals surface area contributed by atoms with Crippen LogP contribution in [0.15, 0.2) is 48.8 Å². The van der Waals surface area contributed by atoms with Crippen LogP contribution in [0, 0.1) is 0 Å². The molecule has 52 heavy (non-hydrogen) atoms. The van der Waals surface area contributed by atoms with Crippen molar-refractivity contribution in [1.82, 2.24) is 0 Å². The van der Waals surface area contributed by atoms with Crippen LogP contribution in [0.4, 0.5) is 0 Å². The van der Waals surface area contributed by atoms with E-state index >= 15 is 0 Å². The highest BCUT2D eigenvalue weighted by atomic mass is 127. The standard InChI is InChI=1S/C49H84NO.HI/c1-3-5-7-9-11-13-15-17-19-21-23-25-27-29-31-33-43-50-44-41-48(42-45-50)36-35-47-37-39-49(40-38-47)51-46-34-32-30-28-26-24-22-20-18-16-14-12-10-8-6-4-2;/h35-42,44-45H,3-34,43,46H2,1-2H3;1H/q+1;/p-1/b36-35+;. The Morgan fingerprint density at radius 1 is 0.385 bits per heavy atom. The van der Waals surface area contributed by atoms with Gasteiger partial charge in [-0.25, -0.2) is 4.57 Å². The number of benzene rings is 1. The Balaban J connectivity index is 0.0000135. The third-order valence-corrected chi connectivity index (χ3v) is 10.8. The Morgan fingerprint density at radius 2 is 0.692 bits per heavy atom. The van der Waals surface area contributed by atoms with E-state index in [2.05, 4.69) is 79.4 Å². The van der Waals surface area contributed by atoms with Crippen LogP contribution in [0.5, 0.6) is 5.75 Å². The fourth-order valence-corrected chi connectivity index (χ4v) is 7.28. The second kappa shape index (κ2) is 37.9. The predicted octanol–water partition coefficient (Wildman–Crippen LogP) is 13.1. The summed E-state index contributed by atoms with van der Waals surface area (Å²) in [6.45, 7) is 6.56. The molecule has 1 aromatic carbocycles. The molecule has 0 N–H and O–H groups in total. The summed E-state index contributed by atoms with van der Waals surface area (Å²) >= 11 is 0. The monoisotopic (exact) mass is 830 g/mol. The van der Waals surface area contributed by atoms with Gasteiger partial charge in [-0.1, -0.05) is 224 Å². The summed E-state index contributed by atoms with van der Waals surface area (Å²) in [6, 6.07) is 13.0. The lowest BCUT2D eigenvalue weighted by atomic mass is 10.0. The molecule has 0 aliphatic heterocycles. The molecule has 298 valence electrons. The lowest BCUT2D eigenvalue weighted by Crippen LogP contribution is -3.00. The molecule has 0 spiro atoms. The summed E-state index contributed by atoms with van der Waals surface area (Å²) in [5.74, 6) is 0.989. The van der Waals surface area contributed by atoms with Crippen LogP contribution >= 0.6 is 0 Å².